The molecule has 0 aliphatic rings. The SMILES string of the molecule is CN=C(NCCn1cncn1)N(C)Cc1cc(Br)cn1C. The fraction of sp³-hybridized carbons (Fsp3) is 0.462. The number of hydrogen-bond acceptors (Lipinski definition) is 3. The van der Waals surface area contributed by atoms with Gasteiger partial charge in [0.2, 0.25) is 0 Å². The first-order valence-electron chi connectivity index (χ1n) is 6.65. The molecule has 7 nitrogen and oxygen atoms in total. The van der Waals surface area contributed by atoms with Crippen LogP contribution in [0.4, 0.5) is 0 Å². The predicted molar refractivity (Wildman–Crippen MR) is 86.0 cm³/mol. The molecule has 2 heterocycles. The van der Waals surface area contributed by atoms with Gasteiger partial charge in [-0.1, -0.05) is 0 Å². The lowest BCUT2D eigenvalue weighted by Crippen LogP contribution is -2.40. The molecule has 0 saturated carbocycles. The van der Waals surface area contributed by atoms with Crippen LogP contribution in [0.1, 0.15) is 5.69 Å². The summed E-state index contributed by atoms with van der Waals surface area (Å²) < 4.78 is 4.97. The molecule has 0 aliphatic carbocycles. The molecular formula is C13H20BrN7. The van der Waals surface area contributed by atoms with Gasteiger partial charge < -0.3 is 14.8 Å². The lowest BCUT2D eigenvalue weighted by atomic mass is 10.4. The van der Waals surface area contributed by atoms with E-state index < -0.39 is 0 Å². The van der Waals surface area contributed by atoms with E-state index in [9.17, 15) is 0 Å². The van der Waals surface area contributed by atoms with Gasteiger partial charge in [-0.15, -0.1) is 0 Å². The maximum Gasteiger partial charge on any atom is 0.193 e. The number of guanidine groups is 1. The fourth-order valence-electron chi connectivity index (χ4n) is 2.06. The molecule has 21 heavy (non-hydrogen) atoms. The first-order valence-corrected chi connectivity index (χ1v) is 7.44. The minimum Gasteiger partial charge on any atom is -0.354 e. The Kier molecular flexibility index (Phi) is 5.38. The molecule has 0 amide bonds. The minimum atomic E-state index is 0.747. The van der Waals surface area contributed by atoms with Crippen molar-refractivity contribution in [2.24, 2.45) is 12.0 Å². The van der Waals surface area contributed by atoms with Crippen LogP contribution in [0.15, 0.2) is 34.4 Å². The largest absolute Gasteiger partial charge is 0.354 e. The number of hydrogen-bond donors (Lipinski definition) is 1. The van der Waals surface area contributed by atoms with Crippen molar-refractivity contribution in [3.8, 4) is 0 Å². The van der Waals surface area contributed by atoms with E-state index in [4.69, 9.17) is 0 Å². The Morgan fingerprint density at radius 1 is 1.52 bits per heavy atom. The third-order valence-corrected chi connectivity index (χ3v) is 3.57. The highest BCUT2D eigenvalue weighted by molar-refractivity contribution is 9.10. The highest BCUT2D eigenvalue weighted by Crippen LogP contribution is 2.14. The molecule has 0 fully saturated rings. The molecular weight excluding hydrogens is 334 g/mol. The van der Waals surface area contributed by atoms with E-state index in [0.717, 1.165) is 30.1 Å². The van der Waals surface area contributed by atoms with Crippen molar-refractivity contribution in [2.45, 2.75) is 13.1 Å². The zero-order valence-electron chi connectivity index (χ0n) is 12.5. The molecule has 0 aliphatic heterocycles. The van der Waals surface area contributed by atoms with E-state index in [1.54, 1.807) is 18.1 Å². The second kappa shape index (κ2) is 7.26. The van der Waals surface area contributed by atoms with Crippen molar-refractivity contribution in [3.63, 3.8) is 0 Å². The summed E-state index contributed by atoms with van der Waals surface area (Å²) in [4.78, 5) is 10.3. The van der Waals surface area contributed by atoms with Gasteiger partial charge in [0.25, 0.3) is 0 Å². The van der Waals surface area contributed by atoms with Gasteiger partial charge in [0.15, 0.2) is 5.96 Å². The number of aromatic nitrogens is 4. The molecule has 2 aromatic rings. The zero-order valence-corrected chi connectivity index (χ0v) is 14.1. The number of nitrogens with one attached hydrogen (secondary N) is 1. The molecule has 0 atom stereocenters. The van der Waals surface area contributed by atoms with Gasteiger partial charge >= 0.3 is 0 Å². The predicted octanol–water partition coefficient (Wildman–Crippen LogP) is 1.09. The van der Waals surface area contributed by atoms with Crippen molar-refractivity contribution in [2.75, 3.05) is 20.6 Å². The van der Waals surface area contributed by atoms with Crippen molar-refractivity contribution in [1.29, 1.82) is 0 Å². The lowest BCUT2D eigenvalue weighted by molar-refractivity contribution is 0.457. The zero-order chi connectivity index (χ0) is 15.2. The third kappa shape index (κ3) is 4.32. The van der Waals surface area contributed by atoms with E-state index in [0.29, 0.717) is 0 Å². The average molecular weight is 354 g/mol. The van der Waals surface area contributed by atoms with Crippen LogP contribution >= 0.6 is 15.9 Å². The number of aliphatic imine (C=N–C) groups is 1. The molecule has 1 N–H and O–H groups in total. The topological polar surface area (TPSA) is 63.3 Å². The number of aryl methyl sites for hydroxylation is 1. The molecule has 114 valence electrons. The van der Waals surface area contributed by atoms with E-state index in [2.05, 4.69) is 51.9 Å². The summed E-state index contributed by atoms with van der Waals surface area (Å²) in [6.07, 6.45) is 5.29. The van der Waals surface area contributed by atoms with Crippen LogP contribution in [0, 0.1) is 0 Å². The van der Waals surface area contributed by atoms with E-state index in [1.165, 1.54) is 12.0 Å². The Hall–Kier alpha value is -1.83. The van der Waals surface area contributed by atoms with Gasteiger partial charge in [-0.25, -0.2) is 4.98 Å². The number of rotatable bonds is 5. The summed E-state index contributed by atoms with van der Waals surface area (Å²) in [5.74, 6) is 0.854. The van der Waals surface area contributed by atoms with Crippen LogP contribution in [-0.4, -0.2) is 50.8 Å². The summed E-state index contributed by atoms with van der Waals surface area (Å²) in [6.45, 7) is 2.28. The van der Waals surface area contributed by atoms with Gasteiger partial charge in [0.1, 0.15) is 12.7 Å². The molecule has 8 heteroatoms. The maximum absolute atomic E-state index is 4.30. The van der Waals surface area contributed by atoms with Crippen molar-refractivity contribution < 1.29 is 0 Å². The quantitative estimate of drug-likeness (QED) is 0.645. The first kappa shape index (κ1) is 15.6. The monoisotopic (exact) mass is 353 g/mol. The summed E-state index contributed by atoms with van der Waals surface area (Å²) in [5.41, 5.74) is 1.21. The normalized spacial score (nSPS) is 11.7. The molecule has 0 bridgehead atoms. The third-order valence-electron chi connectivity index (χ3n) is 3.14. The molecule has 2 aromatic heterocycles. The van der Waals surface area contributed by atoms with Gasteiger partial charge in [0.05, 0.1) is 13.1 Å². The average Bonchev–Trinajstić information content (AvgIpc) is 3.05. The summed E-state index contributed by atoms with van der Waals surface area (Å²) in [5, 5.41) is 7.39. The highest BCUT2D eigenvalue weighted by Gasteiger charge is 2.09. The van der Waals surface area contributed by atoms with Crippen LogP contribution < -0.4 is 5.32 Å². The summed E-state index contributed by atoms with van der Waals surface area (Å²) in [7, 11) is 5.84. The Labute approximate surface area is 132 Å². The second-order valence-corrected chi connectivity index (χ2v) is 5.66. The lowest BCUT2D eigenvalue weighted by Gasteiger charge is -2.22. The van der Waals surface area contributed by atoms with Crippen LogP contribution in [0.25, 0.3) is 0 Å². The molecule has 0 radical (unpaired) electrons. The van der Waals surface area contributed by atoms with Gasteiger partial charge in [-0.3, -0.25) is 9.67 Å². The standard InChI is InChI=1S/C13H20BrN7/c1-15-13(17-4-5-21-10-16-9-18-21)20(3)8-12-6-11(14)7-19(12)2/h6-7,9-10H,4-5,8H2,1-3H3,(H,15,17). The molecule has 0 unspecified atom stereocenters. The van der Waals surface area contributed by atoms with Crippen LogP contribution in [-0.2, 0) is 20.1 Å². The van der Waals surface area contributed by atoms with Crippen LogP contribution in [0.2, 0.25) is 0 Å². The van der Waals surface area contributed by atoms with Gasteiger partial charge in [0, 0.05) is 44.1 Å². The Balaban J connectivity index is 1.86. The van der Waals surface area contributed by atoms with Crippen molar-refractivity contribution in [1.82, 2.24) is 29.5 Å². The van der Waals surface area contributed by atoms with E-state index in [1.807, 2.05) is 20.3 Å². The smallest absolute Gasteiger partial charge is 0.193 e. The molecule has 2 rings (SSSR count). The minimum absolute atomic E-state index is 0.747. The highest BCUT2D eigenvalue weighted by atomic mass is 79.9. The van der Waals surface area contributed by atoms with E-state index in [-0.39, 0.29) is 0 Å². The van der Waals surface area contributed by atoms with Gasteiger partial charge in [-0.2, -0.15) is 5.10 Å². The molecule has 0 saturated heterocycles. The Morgan fingerprint density at radius 3 is 2.90 bits per heavy atom. The Morgan fingerprint density at radius 2 is 2.33 bits per heavy atom. The van der Waals surface area contributed by atoms with Crippen LogP contribution in [0.3, 0.4) is 0 Å². The first-order chi connectivity index (χ1) is 10.1. The molecule has 0 aromatic carbocycles. The van der Waals surface area contributed by atoms with E-state index >= 15 is 0 Å². The summed E-state index contributed by atoms with van der Waals surface area (Å²) >= 11 is 3.49. The summed E-state index contributed by atoms with van der Waals surface area (Å²) in [6, 6.07) is 2.11. The van der Waals surface area contributed by atoms with Gasteiger partial charge in [-0.05, 0) is 22.0 Å². The van der Waals surface area contributed by atoms with Crippen molar-refractivity contribution >= 4 is 21.9 Å². The Bertz CT molecular complexity index is 588. The van der Waals surface area contributed by atoms with Crippen LogP contribution in [0.5, 0.6) is 0 Å². The number of nitrogens with zero attached hydrogens (tertiary/aromatic N) is 6. The fourth-order valence-corrected chi connectivity index (χ4v) is 2.63. The molecule has 0 spiro atoms. The number of halogens is 1. The van der Waals surface area contributed by atoms with Crippen molar-refractivity contribution in [3.05, 3.63) is 35.1 Å². The maximum atomic E-state index is 4.30. The second-order valence-electron chi connectivity index (χ2n) is 4.75.